The van der Waals surface area contributed by atoms with Crippen LogP contribution in [0.2, 0.25) is 0 Å². The van der Waals surface area contributed by atoms with E-state index in [2.05, 4.69) is 19.2 Å². The predicted molar refractivity (Wildman–Crippen MR) is 64.4 cm³/mol. The zero-order chi connectivity index (χ0) is 12.7. The lowest BCUT2D eigenvalue weighted by atomic mass is 10.2. The van der Waals surface area contributed by atoms with Gasteiger partial charge in [0, 0.05) is 12.6 Å². The summed E-state index contributed by atoms with van der Waals surface area (Å²) >= 11 is 0. The Morgan fingerprint density at radius 2 is 2.06 bits per heavy atom. The molecule has 4 heteroatoms. The molecule has 1 aromatic rings. The lowest BCUT2D eigenvalue weighted by Gasteiger charge is -2.09. The van der Waals surface area contributed by atoms with Crippen LogP contribution in [0.15, 0.2) is 18.2 Å². The molecule has 0 aromatic heterocycles. The molecule has 0 aliphatic heterocycles. The molecule has 0 aliphatic rings. The van der Waals surface area contributed by atoms with E-state index in [4.69, 9.17) is 4.74 Å². The maximum Gasteiger partial charge on any atom is 0.127 e. The van der Waals surface area contributed by atoms with Crippen LogP contribution < -0.4 is 10.1 Å². The van der Waals surface area contributed by atoms with E-state index >= 15 is 0 Å². The molecule has 1 rings (SSSR count). The van der Waals surface area contributed by atoms with Crippen molar-refractivity contribution < 1.29 is 13.5 Å². The van der Waals surface area contributed by atoms with Crippen LogP contribution in [0.4, 0.5) is 8.78 Å². The Labute approximate surface area is 101 Å². The molecule has 0 saturated carbocycles. The van der Waals surface area contributed by atoms with Crippen LogP contribution in [0.3, 0.4) is 0 Å². The van der Waals surface area contributed by atoms with E-state index in [1.165, 1.54) is 12.1 Å². The first-order valence-electron chi connectivity index (χ1n) is 5.80. The van der Waals surface area contributed by atoms with Crippen molar-refractivity contribution in [3.05, 3.63) is 29.6 Å². The fourth-order valence-corrected chi connectivity index (χ4v) is 1.47. The van der Waals surface area contributed by atoms with E-state index in [0.29, 0.717) is 18.2 Å². The third-order valence-electron chi connectivity index (χ3n) is 2.16. The Bertz CT molecular complexity index is 342. The molecule has 1 N–H and O–H groups in total. The highest BCUT2D eigenvalue weighted by molar-refractivity contribution is 5.29. The largest absolute Gasteiger partial charge is 0.491 e. The van der Waals surface area contributed by atoms with Crippen molar-refractivity contribution in [3.63, 3.8) is 0 Å². The number of hydrogen-bond acceptors (Lipinski definition) is 2. The molecule has 17 heavy (non-hydrogen) atoms. The van der Waals surface area contributed by atoms with Gasteiger partial charge in [-0.25, -0.2) is 8.78 Å². The molecule has 0 unspecified atom stereocenters. The quantitative estimate of drug-likeness (QED) is 0.795. The second kappa shape index (κ2) is 7.22. The zero-order valence-electron chi connectivity index (χ0n) is 10.3. The van der Waals surface area contributed by atoms with Gasteiger partial charge < -0.3 is 10.1 Å². The van der Waals surface area contributed by atoms with Gasteiger partial charge in [-0.2, -0.15) is 0 Å². The van der Waals surface area contributed by atoms with Gasteiger partial charge in [-0.1, -0.05) is 13.8 Å². The van der Waals surface area contributed by atoms with Crippen molar-refractivity contribution in [2.75, 3.05) is 19.8 Å². The van der Waals surface area contributed by atoms with Crippen molar-refractivity contribution in [1.82, 2.24) is 5.32 Å². The molecule has 2 nitrogen and oxygen atoms in total. The lowest BCUT2D eigenvalue weighted by molar-refractivity contribution is 0.272. The van der Waals surface area contributed by atoms with Crippen LogP contribution in [0.5, 0.6) is 5.75 Å². The van der Waals surface area contributed by atoms with E-state index in [9.17, 15) is 8.78 Å². The fourth-order valence-electron chi connectivity index (χ4n) is 1.47. The van der Waals surface area contributed by atoms with Gasteiger partial charge in [-0.15, -0.1) is 0 Å². The molecule has 0 radical (unpaired) electrons. The number of halogens is 2. The van der Waals surface area contributed by atoms with E-state index in [1.807, 2.05) is 0 Å². The minimum absolute atomic E-state index is 0.0394. The Balaban J connectivity index is 2.55. The first-order chi connectivity index (χ1) is 8.11. The number of ether oxygens (including phenoxy) is 1. The van der Waals surface area contributed by atoms with Crippen LogP contribution in [0.25, 0.3) is 0 Å². The van der Waals surface area contributed by atoms with Crippen LogP contribution in [-0.4, -0.2) is 19.8 Å². The fraction of sp³-hybridized carbons (Fsp3) is 0.538. The lowest BCUT2D eigenvalue weighted by Crippen LogP contribution is -2.19. The molecule has 0 aliphatic carbocycles. The minimum Gasteiger partial charge on any atom is -0.491 e. The highest BCUT2D eigenvalue weighted by Gasteiger charge is 2.02. The molecule has 0 saturated heterocycles. The van der Waals surface area contributed by atoms with Gasteiger partial charge in [0.15, 0.2) is 0 Å². The third kappa shape index (κ3) is 5.63. The second-order valence-corrected chi connectivity index (χ2v) is 4.36. The highest BCUT2D eigenvalue weighted by Crippen LogP contribution is 2.16. The van der Waals surface area contributed by atoms with Crippen LogP contribution in [-0.2, 0) is 6.54 Å². The summed E-state index contributed by atoms with van der Waals surface area (Å²) in [6, 6.07) is 4.45. The number of benzene rings is 1. The third-order valence-corrected chi connectivity index (χ3v) is 2.16. The van der Waals surface area contributed by atoms with Gasteiger partial charge in [-0.3, -0.25) is 0 Å². The van der Waals surface area contributed by atoms with Crippen LogP contribution >= 0.6 is 0 Å². The molecule has 0 atom stereocenters. The number of hydrogen-bond donors (Lipinski definition) is 1. The standard InChI is InChI=1S/C13H19F2NO/c1-10(2)8-16-9-11-5-12(15)7-13(6-11)17-4-3-14/h5-7,10,16H,3-4,8-9H2,1-2H3. The maximum absolute atomic E-state index is 13.2. The zero-order valence-corrected chi connectivity index (χ0v) is 10.3. The van der Waals surface area contributed by atoms with Crippen molar-refractivity contribution in [2.45, 2.75) is 20.4 Å². The van der Waals surface area contributed by atoms with E-state index in [-0.39, 0.29) is 12.4 Å². The predicted octanol–water partition coefficient (Wildman–Crippen LogP) is 2.92. The van der Waals surface area contributed by atoms with Crippen molar-refractivity contribution in [2.24, 2.45) is 5.92 Å². The topological polar surface area (TPSA) is 21.3 Å². The summed E-state index contributed by atoms with van der Waals surface area (Å²) in [6.45, 7) is 5.06. The molecule has 0 fully saturated rings. The van der Waals surface area contributed by atoms with E-state index in [1.54, 1.807) is 6.07 Å². The SMILES string of the molecule is CC(C)CNCc1cc(F)cc(OCCF)c1. The molecule has 96 valence electrons. The normalized spacial score (nSPS) is 10.9. The second-order valence-electron chi connectivity index (χ2n) is 4.36. The summed E-state index contributed by atoms with van der Waals surface area (Å²) < 4.78 is 30.2. The van der Waals surface area contributed by atoms with Gasteiger partial charge in [0.1, 0.15) is 24.8 Å². The monoisotopic (exact) mass is 243 g/mol. The Kier molecular flexibility index (Phi) is 5.91. The summed E-state index contributed by atoms with van der Waals surface area (Å²) in [5, 5.41) is 3.22. The molecule has 0 bridgehead atoms. The van der Waals surface area contributed by atoms with Crippen molar-refractivity contribution in [3.8, 4) is 5.75 Å². The first kappa shape index (κ1) is 13.9. The number of alkyl halides is 1. The van der Waals surface area contributed by atoms with E-state index in [0.717, 1.165) is 12.1 Å². The molecule has 0 spiro atoms. The average Bonchev–Trinajstić information content (AvgIpc) is 2.25. The van der Waals surface area contributed by atoms with Crippen LogP contribution in [0.1, 0.15) is 19.4 Å². The average molecular weight is 243 g/mol. The summed E-state index contributed by atoms with van der Waals surface area (Å²) in [5.74, 6) is 0.567. The van der Waals surface area contributed by atoms with Gasteiger partial charge in [0.25, 0.3) is 0 Å². The smallest absolute Gasteiger partial charge is 0.127 e. The van der Waals surface area contributed by atoms with Crippen LogP contribution in [0, 0.1) is 11.7 Å². The minimum atomic E-state index is -0.572. The summed E-state index contributed by atoms with van der Waals surface area (Å²) in [5.41, 5.74) is 0.805. The maximum atomic E-state index is 13.2. The van der Waals surface area contributed by atoms with E-state index < -0.39 is 6.67 Å². The summed E-state index contributed by atoms with van der Waals surface area (Å²) in [4.78, 5) is 0. The summed E-state index contributed by atoms with van der Waals surface area (Å²) in [7, 11) is 0. The Morgan fingerprint density at radius 3 is 2.71 bits per heavy atom. The molecule has 0 amide bonds. The highest BCUT2D eigenvalue weighted by atomic mass is 19.1. The molecule has 1 aromatic carbocycles. The molecular weight excluding hydrogens is 224 g/mol. The van der Waals surface area contributed by atoms with Gasteiger partial charge >= 0.3 is 0 Å². The van der Waals surface area contributed by atoms with Crippen molar-refractivity contribution in [1.29, 1.82) is 0 Å². The first-order valence-corrected chi connectivity index (χ1v) is 5.80. The molecule has 0 heterocycles. The Morgan fingerprint density at radius 1 is 1.29 bits per heavy atom. The van der Waals surface area contributed by atoms with Crippen molar-refractivity contribution >= 4 is 0 Å². The Hall–Kier alpha value is -1.16. The van der Waals surface area contributed by atoms with Gasteiger partial charge in [-0.05, 0) is 30.2 Å². The number of rotatable bonds is 7. The number of nitrogens with one attached hydrogen (secondary N) is 1. The van der Waals surface area contributed by atoms with Gasteiger partial charge in [0.2, 0.25) is 0 Å². The van der Waals surface area contributed by atoms with Gasteiger partial charge in [0.05, 0.1) is 0 Å². The summed E-state index contributed by atoms with van der Waals surface area (Å²) in [6.07, 6.45) is 0. The molecular formula is C13H19F2NO.